The molecule has 21 heavy (non-hydrogen) atoms. The summed E-state index contributed by atoms with van der Waals surface area (Å²) in [7, 11) is -1.64. The average Bonchev–Trinajstić information content (AvgIpc) is 3.00. The number of sulfonamides is 1. The average molecular weight is 328 g/mol. The predicted octanol–water partition coefficient (Wildman–Crippen LogP) is 2.28. The minimum Gasteiger partial charge on any atom is -0.469 e. The molecule has 0 fully saturated rings. The molecule has 0 aliphatic rings. The Labute approximate surface area is 129 Å². The fourth-order valence-corrected chi connectivity index (χ4v) is 4.91. The van der Waals surface area contributed by atoms with E-state index in [4.69, 9.17) is 4.42 Å². The lowest BCUT2D eigenvalue weighted by atomic mass is 10.2. The molecule has 1 unspecified atom stereocenters. The van der Waals surface area contributed by atoms with Crippen LogP contribution in [0.15, 0.2) is 33.1 Å². The van der Waals surface area contributed by atoms with Gasteiger partial charge in [0.15, 0.2) is 0 Å². The molecule has 1 atom stereocenters. The summed E-state index contributed by atoms with van der Waals surface area (Å²) in [4.78, 5) is 1.04. The number of hydrogen-bond donors (Lipinski definition) is 2. The van der Waals surface area contributed by atoms with Crippen LogP contribution in [0.3, 0.4) is 0 Å². The summed E-state index contributed by atoms with van der Waals surface area (Å²) >= 11 is 1.30. The first-order valence-electron chi connectivity index (χ1n) is 6.71. The van der Waals surface area contributed by atoms with Crippen LogP contribution < -0.4 is 10.0 Å². The van der Waals surface area contributed by atoms with Crippen molar-refractivity contribution < 1.29 is 12.8 Å². The molecule has 2 aromatic rings. The Morgan fingerprint density at radius 3 is 2.81 bits per heavy atom. The summed E-state index contributed by atoms with van der Waals surface area (Å²) in [6.07, 6.45) is 2.11. The van der Waals surface area contributed by atoms with Crippen LogP contribution in [0.5, 0.6) is 0 Å². The SMILES string of the molecule is CNCc1sc(S(=O)(=O)NC(C)Cc2ccco2)cc1C. The molecule has 0 spiro atoms. The van der Waals surface area contributed by atoms with Crippen LogP contribution in [0, 0.1) is 6.92 Å². The Hall–Kier alpha value is -1.15. The van der Waals surface area contributed by atoms with Gasteiger partial charge in [0.25, 0.3) is 0 Å². The molecule has 2 N–H and O–H groups in total. The molecule has 0 aliphatic carbocycles. The van der Waals surface area contributed by atoms with Gasteiger partial charge in [-0.2, -0.15) is 0 Å². The van der Waals surface area contributed by atoms with Crippen molar-refractivity contribution in [3.05, 3.63) is 40.7 Å². The van der Waals surface area contributed by atoms with Crippen LogP contribution in [0.25, 0.3) is 0 Å². The summed E-state index contributed by atoms with van der Waals surface area (Å²) in [5.41, 5.74) is 0.994. The summed E-state index contributed by atoms with van der Waals surface area (Å²) in [6, 6.07) is 5.13. The number of furan rings is 1. The number of aryl methyl sites for hydroxylation is 1. The Balaban J connectivity index is 2.09. The van der Waals surface area contributed by atoms with E-state index in [-0.39, 0.29) is 6.04 Å². The van der Waals surface area contributed by atoms with Crippen molar-refractivity contribution >= 4 is 21.4 Å². The highest BCUT2D eigenvalue weighted by Crippen LogP contribution is 2.26. The molecule has 116 valence electrons. The van der Waals surface area contributed by atoms with Gasteiger partial charge in [0.2, 0.25) is 10.0 Å². The third kappa shape index (κ3) is 4.16. The molecule has 0 radical (unpaired) electrons. The monoisotopic (exact) mass is 328 g/mol. The van der Waals surface area contributed by atoms with E-state index >= 15 is 0 Å². The number of thiophene rings is 1. The van der Waals surface area contributed by atoms with Gasteiger partial charge in [0.1, 0.15) is 9.97 Å². The molecule has 2 heterocycles. The zero-order valence-electron chi connectivity index (χ0n) is 12.3. The van der Waals surface area contributed by atoms with E-state index in [1.165, 1.54) is 11.3 Å². The van der Waals surface area contributed by atoms with Crippen molar-refractivity contribution in [2.45, 2.75) is 37.1 Å². The third-order valence-electron chi connectivity index (χ3n) is 3.04. The molecule has 0 amide bonds. The van der Waals surface area contributed by atoms with Crippen LogP contribution in [0.2, 0.25) is 0 Å². The maximum absolute atomic E-state index is 12.4. The Morgan fingerprint density at radius 1 is 1.43 bits per heavy atom. The van der Waals surface area contributed by atoms with Crippen LogP contribution in [0.4, 0.5) is 0 Å². The molecule has 7 heteroatoms. The van der Waals surface area contributed by atoms with E-state index in [0.29, 0.717) is 17.2 Å². The zero-order valence-corrected chi connectivity index (χ0v) is 14.0. The van der Waals surface area contributed by atoms with E-state index in [2.05, 4.69) is 10.0 Å². The van der Waals surface area contributed by atoms with Crippen LogP contribution in [-0.2, 0) is 23.0 Å². The summed E-state index contributed by atoms with van der Waals surface area (Å²) in [6.45, 7) is 4.43. The summed E-state index contributed by atoms with van der Waals surface area (Å²) in [5, 5.41) is 3.04. The van der Waals surface area contributed by atoms with Crippen molar-refractivity contribution in [3.8, 4) is 0 Å². The van der Waals surface area contributed by atoms with Crippen LogP contribution in [0.1, 0.15) is 23.1 Å². The number of rotatable bonds is 7. The summed E-state index contributed by atoms with van der Waals surface area (Å²) < 4.78 is 33.1. The topological polar surface area (TPSA) is 71.3 Å². The van der Waals surface area contributed by atoms with Crippen molar-refractivity contribution in [3.63, 3.8) is 0 Å². The van der Waals surface area contributed by atoms with Gasteiger partial charge in [-0.3, -0.25) is 0 Å². The van der Waals surface area contributed by atoms with Gasteiger partial charge in [-0.25, -0.2) is 13.1 Å². The Bertz CT molecular complexity index is 675. The first kappa shape index (κ1) is 16.2. The van der Waals surface area contributed by atoms with Crippen molar-refractivity contribution in [2.75, 3.05) is 7.05 Å². The third-order valence-corrected chi connectivity index (χ3v) is 6.34. The largest absolute Gasteiger partial charge is 0.469 e. The molecule has 0 saturated heterocycles. The molecule has 0 saturated carbocycles. The fraction of sp³-hybridized carbons (Fsp3) is 0.429. The molecule has 5 nitrogen and oxygen atoms in total. The van der Waals surface area contributed by atoms with E-state index in [0.717, 1.165) is 16.2 Å². The molecule has 2 aromatic heterocycles. The highest BCUT2D eigenvalue weighted by atomic mass is 32.2. The summed E-state index contributed by atoms with van der Waals surface area (Å²) in [5.74, 6) is 0.767. The Kier molecular flexibility index (Phi) is 5.21. The van der Waals surface area contributed by atoms with Crippen LogP contribution in [-0.4, -0.2) is 21.5 Å². The maximum atomic E-state index is 12.4. The molecule has 0 bridgehead atoms. The number of hydrogen-bond acceptors (Lipinski definition) is 5. The van der Waals surface area contributed by atoms with E-state index in [1.807, 2.05) is 27.0 Å². The first-order chi connectivity index (χ1) is 9.92. The minimum absolute atomic E-state index is 0.226. The minimum atomic E-state index is -3.48. The normalized spacial score (nSPS) is 13.5. The lowest BCUT2D eigenvalue weighted by molar-refractivity contribution is 0.479. The second kappa shape index (κ2) is 6.74. The predicted molar refractivity (Wildman–Crippen MR) is 84.0 cm³/mol. The zero-order chi connectivity index (χ0) is 15.5. The molecule has 0 aromatic carbocycles. The maximum Gasteiger partial charge on any atom is 0.250 e. The van der Waals surface area contributed by atoms with Gasteiger partial charge in [0.05, 0.1) is 6.26 Å². The first-order valence-corrected chi connectivity index (χ1v) is 9.01. The molecular formula is C14H20N2O3S2. The second-order valence-corrected chi connectivity index (χ2v) is 8.09. The van der Waals surface area contributed by atoms with Crippen molar-refractivity contribution in [1.82, 2.24) is 10.0 Å². The smallest absolute Gasteiger partial charge is 0.250 e. The van der Waals surface area contributed by atoms with E-state index < -0.39 is 10.0 Å². The van der Waals surface area contributed by atoms with Gasteiger partial charge in [-0.05, 0) is 44.7 Å². The van der Waals surface area contributed by atoms with Gasteiger partial charge < -0.3 is 9.73 Å². The van der Waals surface area contributed by atoms with Crippen molar-refractivity contribution in [1.29, 1.82) is 0 Å². The van der Waals surface area contributed by atoms with Crippen LogP contribution >= 0.6 is 11.3 Å². The van der Waals surface area contributed by atoms with Gasteiger partial charge in [-0.1, -0.05) is 0 Å². The standard InChI is InChI=1S/C14H20N2O3S2/c1-10-7-14(20-13(10)9-15-3)21(17,18)16-11(2)8-12-5-4-6-19-12/h4-7,11,15-16H,8-9H2,1-3H3. The second-order valence-electron chi connectivity index (χ2n) is 5.01. The lowest BCUT2D eigenvalue weighted by Crippen LogP contribution is -2.33. The molecule has 2 rings (SSSR count). The highest BCUT2D eigenvalue weighted by Gasteiger charge is 2.21. The molecular weight excluding hydrogens is 308 g/mol. The van der Waals surface area contributed by atoms with Gasteiger partial charge in [0, 0.05) is 23.9 Å². The van der Waals surface area contributed by atoms with E-state index in [1.54, 1.807) is 18.4 Å². The number of nitrogens with one attached hydrogen (secondary N) is 2. The van der Waals surface area contributed by atoms with Crippen molar-refractivity contribution in [2.24, 2.45) is 0 Å². The van der Waals surface area contributed by atoms with Gasteiger partial charge in [-0.15, -0.1) is 11.3 Å². The Morgan fingerprint density at radius 2 is 2.19 bits per heavy atom. The quantitative estimate of drug-likeness (QED) is 0.818. The fourth-order valence-electron chi connectivity index (χ4n) is 2.05. The molecule has 0 aliphatic heterocycles. The highest BCUT2D eigenvalue weighted by molar-refractivity contribution is 7.91. The van der Waals surface area contributed by atoms with E-state index in [9.17, 15) is 8.42 Å². The van der Waals surface area contributed by atoms with Gasteiger partial charge >= 0.3 is 0 Å². The lowest BCUT2D eigenvalue weighted by Gasteiger charge is -2.11.